The summed E-state index contributed by atoms with van der Waals surface area (Å²) in [6, 6.07) is 3.37. The van der Waals surface area contributed by atoms with E-state index in [9.17, 15) is 4.79 Å². The number of aryl methyl sites for hydroxylation is 2. The first-order valence-corrected chi connectivity index (χ1v) is 6.69. The summed E-state index contributed by atoms with van der Waals surface area (Å²) < 4.78 is 7.65. The van der Waals surface area contributed by atoms with Crippen LogP contribution in [-0.4, -0.2) is 27.6 Å². The lowest BCUT2D eigenvalue weighted by molar-refractivity contribution is 0.0751. The molecule has 6 heteroatoms. The molecule has 0 unspecified atom stereocenters. The maximum atomic E-state index is 12.2. The maximum absolute atomic E-state index is 12.2. The van der Waals surface area contributed by atoms with Gasteiger partial charge >= 0.3 is 0 Å². The summed E-state index contributed by atoms with van der Waals surface area (Å²) in [4.78, 5) is 13.8. The first-order chi connectivity index (χ1) is 8.90. The summed E-state index contributed by atoms with van der Waals surface area (Å²) in [5.41, 5.74) is 3.09. The van der Waals surface area contributed by atoms with Crippen molar-refractivity contribution in [3.8, 4) is 0 Å². The molecular formula is C13H16BrN3O2. The van der Waals surface area contributed by atoms with Crippen molar-refractivity contribution in [1.29, 1.82) is 0 Å². The number of furan rings is 1. The number of hydrogen-bond acceptors (Lipinski definition) is 3. The van der Waals surface area contributed by atoms with Crippen molar-refractivity contribution in [1.82, 2.24) is 14.7 Å². The summed E-state index contributed by atoms with van der Waals surface area (Å²) in [6.07, 6.45) is 0. The molecule has 0 bridgehead atoms. The van der Waals surface area contributed by atoms with Gasteiger partial charge in [-0.25, -0.2) is 0 Å². The van der Waals surface area contributed by atoms with Crippen molar-refractivity contribution >= 4 is 21.8 Å². The van der Waals surface area contributed by atoms with Gasteiger partial charge in [-0.1, -0.05) is 0 Å². The van der Waals surface area contributed by atoms with Crippen LogP contribution in [0.2, 0.25) is 0 Å². The Labute approximate surface area is 120 Å². The molecule has 2 heterocycles. The quantitative estimate of drug-likeness (QED) is 0.871. The summed E-state index contributed by atoms with van der Waals surface area (Å²) in [5.74, 6) is 0.182. The Morgan fingerprint density at radius 1 is 1.47 bits per heavy atom. The van der Waals surface area contributed by atoms with Crippen molar-refractivity contribution < 1.29 is 9.21 Å². The second kappa shape index (κ2) is 5.21. The predicted octanol–water partition coefficient (Wildman–Crippen LogP) is 2.66. The van der Waals surface area contributed by atoms with Gasteiger partial charge in [-0.05, 0) is 41.9 Å². The molecule has 0 atom stereocenters. The third-order valence-corrected chi connectivity index (χ3v) is 3.61. The molecule has 19 heavy (non-hydrogen) atoms. The van der Waals surface area contributed by atoms with Gasteiger partial charge in [-0.15, -0.1) is 0 Å². The number of nitrogens with zero attached hydrogens (tertiary/aromatic N) is 3. The highest BCUT2D eigenvalue weighted by molar-refractivity contribution is 9.10. The standard InChI is InChI=1S/C13H16BrN3O2/c1-8-10(9(2)17(4)15-8)7-16(3)13(18)11-5-6-12(14)19-11/h5-6H,7H2,1-4H3. The third kappa shape index (κ3) is 2.73. The topological polar surface area (TPSA) is 51.3 Å². The molecule has 0 aromatic carbocycles. The average molecular weight is 326 g/mol. The minimum absolute atomic E-state index is 0.145. The van der Waals surface area contributed by atoms with E-state index in [-0.39, 0.29) is 5.91 Å². The predicted molar refractivity (Wildman–Crippen MR) is 74.9 cm³/mol. The lowest BCUT2D eigenvalue weighted by atomic mass is 10.2. The van der Waals surface area contributed by atoms with E-state index in [1.807, 2.05) is 25.6 Å². The van der Waals surface area contributed by atoms with E-state index < -0.39 is 0 Å². The van der Waals surface area contributed by atoms with E-state index in [0.29, 0.717) is 17.0 Å². The minimum atomic E-state index is -0.145. The van der Waals surface area contributed by atoms with E-state index in [1.54, 1.807) is 24.1 Å². The van der Waals surface area contributed by atoms with Crippen LogP contribution in [0.5, 0.6) is 0 Å². The molecule has 0 aliphatic rings. The average Bonchev–Trinajstić information content (AvgIpc) is 2.88. The van der Waals surface area contributed by atoms with Crippen LogP contribution in [0, 0.1) is 13.8 Å². The van der Waals surface area contributed by atoms with Crippen LogP contribution in [0.4, 0.5) is 0 Å². The molecule has 0 saturated carbocycles. The van der Waals surface area contributed by atoms with Crippen LogP contribution in [0.3, 0.4) is 0 Å². The molecule has 0 aliphatic carbocycles. The zero-order valence-electron chi connectivity index (χ0n) is 11.4. The number of amides is 1. The zero-order chi connectivity index (χ0) is 14.2. The van der Waals surface area contributed by atoms with E-state index in [0.717, 1.165) is 17.0 Å². The van der Waals surface area contributed by atoms with Crippen LogP contribution < -0.4 is 0 Å². The van der Waals surface area contributed by atoms with Crippen molar-refractivity contribution in [2.24, 2.45) is 7.05 Å². The number of aromatic nitrogens is 2. The largest absolute Gasteiger partial charge is 0.444 e. The molecule has 0 saturated heterocycles. The van der Waals surface area contributed by atoms with Gasteiger partial charge in [0.2, 0.25) is 0 Å². The molecule has 0 spiro atoms. The number of carbonyl (C=O) groups excluding carboxylic acids is 1. The normalized spacial score (nSPS) is 10.8. The van der Waals surface area contributed by atoms with Gasteiger partial charge in [0.15, 0.2) is 10.4 Å². The van der Waals surface area contributed by atoms with Crippen LogP contribution >= 0.6 is 15.9 Å². The molecule has 0 N–H and O–H groups in total. The highest BCUT2D eigenvalue weighted by Crippen LogP contribution is 2.18. The highest BCUT2D eigenvalue weighted by atomic mass is 79.9. The van der Waals surface area contributed by atoms with Crippen molar-refractivity contribution in [2.45, 2.75) is 20.4 Å². The van der Waals surface area contributed by atoms with Crippen LogP contribution in [0.25, 0.3) is 0 Å². The Morgan fingerprint density at radius 3 is 2.63 bits per heavy atom. The van der Waals surface area contributed by atoms with Gasteiger partial charge in [0.25, 0.3) is 5.91 Å². The van der Waals surface area contributed by atoms with Crippen molar-refractivity contribution in [3.05, 3.63) is 39.5 Å². The van der Waals surface area contributed by atoms with E-state index in [4.69, 9.17) is 4.42 Å². The Bertz CT molecular complexity index is 615. The Balaban J connectivity index is 2.17. The van der Waals surface area contributed by atoms with Gasteiger partial charge < -0.3 is 9.32 Å². The summed E-state index contributed by atoms with van der Waals surface area (Å²) >= 11 is 3.19. The fraction of sp³-hybridized carbons (Fsp3) is 0.385. The van der Waals surface area contributed by atoms with Crippen molar-refractivity contribution in [3.63, 3.8) is 0 Å². The second-order valence-corrected chi connectivity index (χ2v) is 5.32. The highest BCUT2D eigenvalue weighted by Gasteiger charge is 2.19. The van der Waals surface area contributed by atoms with Gasteiger partial charge in [-0.2, -0.15) is 5.10 Å². The first kappa shape index (κ1) is 13.9. The molecule has 0 fully saturated rings. The van der Waals surface area contributed by atoms with Crippen LogP contribution in [0.15, 0.2) is 21.2 Å². The smallest absolute Gasteiger partial charge is 0.289 e. The molecule has 102 valence electrons. The molecule has 5 nitrogen and oxygen atoms in total. The fourth-order valence-electron chi connectivity index (χ4n) is 1.97. The monoisotopic (exact) mass is 325 g/mol. The Morgan fingerprint density at radius 2 is 2.16 bits per heavy atom. The first-order valence-electron chi connectivity index (χ1n) is 5.90. The van der Waals surface area contributed by atoms with Gasteiger partial charge in [0.05, 0.1) is 5.69 Å². The fourth-order valence-corrected chi connectivity index (χ4v) is 2.28. The SMILES string of the molecule is Cc1nn(C)c(C)c1CN(C)C(=O)c1ccc(Br)o1. The summed E-state index contributed by atoms with van der Waals surface area (Å²) in [7, 11) is 3.65. The molecule has 0 aliphatic heterocycles. The van der Waals surface area contributed by atoms with Gasteiger partial charge in [0.1, 0.15) is 0 Å². The number of rotatable bonds is 3. The number of halogens is 1. The molecule has 2 rings (SSSR count). The van der Waals surface area contributed by atoms with Crippen LogP contribution in [0.1, 0.15) is 27.5 Å². The van der Waals surface area contributed by atoms with Gasteiger partial charge in [-0.3, -0.25) is 9.48 Å². The van der Waals surface area contributed by atoms with E-state index >= 15 is 0 Å². The molecule has 0 radical (unpaired) electrons. The van der Waals surface area contributed by atoms with Crippen LogP contribution in [-0.2, 0) is 13.6 Å². The molecule has 1 amide bonds. The summed E-state index contributed by atoms with van der Waals surface area (Å²) in [6.45, 7) is 4.46. The zero-order valence-corrected chi connectivity index (χ0v) is 13.0. The Kier molecular flexibility index (Phi) is 3.80. The number of hydrogen-bond donors (Lipinski definition) is 0. The maximum Gasteiger partial charge on any atom is 0.289 e. The third-order valence-electron chi connectivity index (χ3n) is 3.18. The van der Waals surface area contributed by atoms with E-state index in [2.05, 4.69) is 21.0 Å². The van der Waals surface area contributed by atoms with Gasteiger partial charge in [0, 0.05) is 31.9 Å². The Hall–Kier alpha value is -1.56. The van der Waals surface area contributed by atoms with Crippen molar-refractivity contribution in [2.75, 3.05) is 7.05 Å². The minimum Gasteiger partial charge on any atom is -0.444 e. The second-order valence-electron chi connectivity index (χ2n) is 4.54. The lowest BCUT2D eigenvalue weighted by Gasteiger charge is -2.16. The molecule has 2 aromatic heterocycles. The lowest BCUT2D eigenvalue weighted by Crippen LogP contribution is -2.26. The molecule has 2 aromatic rings. The summed E-state index contributed by atoms with van der Waals surface area (Å²) in [5, 5.41) is 4.35. The number of carbonyl (C=O) groups is 1. The molecular weight excluding hydrogens is 310 g/mol. The van der Waals surface area contributed by atoms with E-state index in [1.165, 1.54) is 0 Å².